The average molecular weight is 698 g/mol. The number of carboxylic acids is 1. The number of carbonyl (C=O) groups excluding carboxylic acids is 1. The second-order valence-electron chi connectivity index (χ2n) is 10.7. The van der Waals surface area contributed by atoms with Crippen LogP contribution in [-0.2, 0) is 38.7 Å². The van der Waals surface area contributed by atoms with Crippen molar-refractivity contribution in [3.8, 4) is 0 Å². The molecule has 0 fully saturated rings. The number of hydrogen-bond acceptors (Lipinski definition) is 4. The summed E-state index contributed by atoms with van der Waals surface area (Å²) >= 11 is 0. The van der Waals surface area contributed by atoms with Crippen LogP contribution in [-0.4, -0.2) is 36.4 Å². The zero-order valence-corrected chi connectivity index (χ0v) is 25.6. The number of benzene rings is 4. The zero-order valence-electron chi connectivity index (χ0n) is 23.8. The number of aromatic carboxylic acids is 1. The van der Waals surface area contributed by atoms with Crippen molar-refractivity contribution in [3.05, 3.63) is 142 Å². The van der Waals surface area contributed by atoms with Crippen LogP contribution in [0.4, 0.5) is 22.0 Å². The van der Waals surface area contributed by atoms with Gasteiger partial charge in [0.25, 0.3) is 0 Å². The smallest absolute Gasteiger partial charge is 0.399 e. The molecule has 248 valence electrons. The van der Waals surface area contributed by atoms with Crippen molar-refractivity contribution in [1.29, 1.82) is 0 Å². The molecule has 0 aliphatic carbocycles. The molecule has 0 unspecified atom stereocenters. The summed E-state index contributed by atoms with van der Waals surface area (Å²) in [6.07, 6.45) is -0.671. The van der Waals surface area contributed by atoms with Crippen LogP contribution >= 0.6 is 15.2 Å². The summed E-state index contributed by atoms with van der Waals surface area (Å²) in [5.74, 6) is -2.66. The van der Waals surface area contributed by atoms with Gasteiger partial charge in [-0.25, -0.2) is 9.18 Å². The minimum atomic E-state index is -5.91. The van der Waals surface area contributed by atoms with Gasteiger partial charge in [-0.1, -0.05) is 60.7 Å². The van der Waals surface area contributed by atoms with E-state index in [4.69, 9.17) is 19.6 Å². The summed E-state index contributed by atoms with van der Waals surface area (Å²) < 4.78 is 94.0. The molecule has 0 aromatic heterocycles. The van der Waals surface area contributed by atoms with Gasteiger partial charge in [0.15, 0.2) is 5.78 Å². The van der Waals surface area contributed by atoms with E-state index in [9.17, 15) is 45.8 Å². The second kappa shape index (κ2) is 12.9. The highest BCUT2D eigenvalue weighted by Gasteiger charge is 2.51. The van der Waals surface area contributed by atoms with Crippen LogP contribution in [0.25, 0.3) is 0 Å². The van der Waals surface area contributed by atoms with Gasteiger partial charge in [-0.3, -0.25) is 13.9 Å². The highest BCUT2D eigenvalue weighted by molar-refractivity contribution is 7.52. The van der Waals surface area contributed by atoms with Crippen LogP contribution in [0.5, 0.6) is 0 Å². The third-order valence-corrected chi connectivity index (χ3v) is 9.55. The van der Waals surface area contributed by atoms with E-state index >= 15 is 0 Å². The SMILES string of the molecule is O=C(O)c1ccc(C(Cc2ccc(C(F)(F)P(=O)(O)O)cc2)(Cc2ccc(C(F)(F)P(=O)(O)O)cc2)C(=O)c2ccc(F)cc2)cc1. The molecular formula is C31H25F5O9P2. The maximum atomic E-state index is 14.4. The lowest BCUT2D eigenvalue weighted by atomic mass is 9.67. The Bertz CT molecular complexity index is 1790. The van der Waals surface area contributed by atoms with E-state index in [-0.39, 0.29) is 40.7 Å². The standard InChI is InChI=1S/C31H25F5O9P2/c32-26-15-7-21(8-16-26)27(37)29(23-13-5-22(6-14-23)28(38)39,17-19-1-9-24(10-2-19)30(33,34)46(40,41)42)18-20-3-11-25(12-4-20)31(35,36)47(43,44)45/h1-16H,17-18H2,(H,38,39)(H2,40,41,42)(H2,43,44,45). The highest BCUT2D eigenvalue weighted by atomic mass is 31.2. The van der Waals surface area contributed by atoms with Crippen molar-refractivity contribution in [2.45, 2.75) is 29.6 Å². The predicted octanol–water partition coefficient (Wildman–Crippen LogP) is 6.58. The molecule has 0 aliphatic heterocycles. The van der Waals surface area contributed by atoms with Crippen LogP contribution in [0.15, 0.2) is 97.1 Å². The summed E-state index contributed by atoms with van der Waals surface area (Å²) in [4.78, 5) is 62.5. The molecule has 0 atom stereocenters. The van der Waals surface area contributed by atoms with Crippen LogP contribution in [0.3, 0.4) is 0 Å². The summed E-state index contributed by atoms with van der Waals surface area (Å²) in [7, 11) is -11.8. The number of carboxylic acid groups (broad SMARTS) is 1. The molecule has 47 heavy (non-hydrogen) atoms. The third-order valence-electron chi connectivity index (χ3n) is 7.57. The largest absolute Gasteiger partial charge is 0.478 e. The summed E-state index contributed by atoms with van der Waals surface area (Å²) in [5, 5.41) is 9.42. The van der Waals surface area contributed by atoms with E-state index < -0.39 is 60.6 Å². The Labute approximate surface area is 263 Å². The Morgan fingerprint density at radius 3 is 1.23 bits per heavy atom. The lowest BCUT2D eigenvalue weighted by molar-refractivity contribution is 0.0564. The number of carbonyl (C=O) groups is 2. The van der Waals surface area contributed by atoms with E-state index in [0.29, 0.717) is 0 Å². The fourth-order valence-electron chi connectivity index (χ4n) is 5.05. The van der Waals surface area contributed by atoms with Crippen molar-refractivity contribution < 1.29 is 65.4 Å². The Hall–Kier alpha value is -4.03. The number of hydrogen-bond donors (Lipinski definition) is 5. The van der Waals surface area contributed by atoms with E-state index in [1.165, 1.54) is 36.4 Å². The maximum Gasteiger partial charge on any atom is 0.399 e. The van der Waals surface area contributed by atoms with Crippen molar-refractivity contribution >= 4 is 26.9 Å². The van der Waals surface area contributed by atoms with Gasteiger partial charge in [0.2, 0.25) is 0 Å². The first-order valence-electron chi connectivity index (χ1n) is 13.4. The molecule has 0 saturated heterocycles. The van der Waals surface area contributed by atoms with E-state index in [0.717, 1.165) is 60.7 Å². The Morgan fingerprint density at radius 1 is 0.553 bits per heavy atom. The molecule has 0 heterocycles. The maximum absolute atomic E-state index is 14.4. The Kier molecular flexibility index (Phi) is 9.81. The van der Waals surface area contributed by atoms with Gasteiger partial charge < -0.3 is 24.7 Å². The minimum absolute atomic E-state index is 0.0389. The molecule has 0 bridgehead atoms. The molecule has 0 radical (unpaired) electrons. The molecule has 0 saturated carbocycles. The van der Waals surface area contributed by atoms with Crippen LogP contribution < -0.4 is 0 Å². The molecule has 9 nitrogen and oxygen atoms in total. The summed E-state index contributed by atoms with van der Waals surface area (Å²) in [6, 6.07) is 16.8. The minimum Gasteiger partial charge on any atom is -0.478 e. The molecule has 0 aliphatic rings. The first-order valence-corrected chi connectivity index (χ1v) is 16.6. The fraction of sp³-hybridized carbons (Fsp3) is 0.161. The van der Waals surface area contributed by atoms with Crippen molar-refractivity contribution in [2.24, 2.45) is 0 Å². The molecule has 0 spiro atoms. The molecule has 4 aromatic rings. The van der Waals surface area contributed by atoms with Gasteiger partial charge in [-0.05, 0) is 65.9 Å². The van der Waals surface area contributed by atoms with Gasteiger partial charge in [0.1, 0.15) is 5.82 Å². The Morgan fingerprint density at radius 2 is 0.894 bits per heavy atom. The first kappa shape index (κ1) is 35.8. The average Bonchev–Trinajstić information content (AvgIpc) is 3.00. The van der Waals surface area contributed by atoms with E-state index in [2.05, 4.69) is 0 Å². The number of halogens is 5. The van der Waals surface area contributed by atoms with Gasteiger partial charge in [0, 0.05) is 16.7 Å². The highest BCUT2D eigenvalue weighted by Crippen LogP contribution is 2.60. The normalized spacial score (nSPS) is 13.0. The quantitative estimate of drug-likeness (QED) is 0.0623. The predicted molar refractivity (Wildman–Crippen MR) is 158 cm³/mol. The van der Waals surface area contributed by atoms with Crippen molar-refractivity contribution in [1.82, 2.24) is 0 Å². The van der Waals surface area contributed by atoms with Gasteiger partial charge >= 0.3 is 32.5 Å². The Balaban J connectivity index is 1.91. The lowest BCUT2D eigenvalue weighted by Gasteiger charge is -2.34. The van der Waals surface area contributed by atoms with Crippen molar-refractivity contribution in [2.75, 3.05) is 0 Å². The number of alkyl halides is 4. The fourth-order valence-corrected chi connectivity index (χ4v) is 6.02. The molecule has 4 aromatic carbocycles. The van der Waals surface area contributed by atoms with Crippen molar-refractivity contribution in [3.63, 3.8) is 0 Å². The van der Waals surface area contributed by atoms with Crippen LogP contribution in [0.2, 0.25) is 0 Å². The van der Waals surface area contributed by atoms with Crippen LogP contribution in [0, 0.1) is 5.82 Å². The van der Waals surface area contributed by atoms with Gasteiger partial charge in [0.05, 0.1) is 11.0 Å². The van der Waals surface area contributed by atoms with E-state index in [1.807, 2.05) is 0 Å². The van der Waals surface area contributed by atoms with E-state index in [1.54, 1.807) is 0 Å². The second-order valence-corrected chi connectivity index (χ2v) is 14.0. The van der Waals surface area contributed by atoms with Gasteiger partial charge in [-0.15, -0.1) is 0 Å². The molecule has 0 amide bonds. The summed E-state index contributed by atoms with van der Waals surface area (Å²) in [6.45, 7) is 0. The number of rotatable bonds is 12. The monoisotopic (exact) mass is 698 g/mol. The number of ketones is 1. The lowest BCUT2D eigenvalue weighted by Crippen LogP contribution is -2.41. The summed E-state index contributed by atoms with van der Waals surface area (Å²) in [5.41, 5.74) is -12.5. The zero-order chi connectivity index (χ0) is 35.0. The third kappa shape index (κ3) is 7.28. The molecule has 16 heteroatoms. The number of Topliss-reactive ketones (excluding diaryl/α,β-unsaturated/α-hetero) is 1. The van der Waals surface area contributed by atoms with Crippen LogP contribution in [0.1, 0.15) is 48.5 Å². The molecule has 5 N–H and O–H groups in total. The molecular weight excluding hydrogens is 673 g/mol. The topological polar surface area (TPSA) is 169 Å². The van der Waals surface area contributed by atoms with Gasteiger partial charge in [-0.2, -0.15) is 17.6 Å². The molecule has 4 rings (SSSR count). The first-order chi connectivity index (χ1) is 21.7.